The van der Waals surface area contributed by atoms with Crippen molar-refractivity contribution in [1.82, 2.24) is 14.1 Å². The molecule has 0 spiro atoms. The van der Waals surface area contributed by atoms with Gasteiger partial charge in [-0.2, -0.15) is 5.11 Å². The van der Waals surface area contributed by atoms with E-state index in [4.69, 9.17) is 0 Å². The fourth-order valence-electron chi connectivity index (χ4n) is 3.08. The normalized spacial score (nSPS) is 14.5. The average molecular weight is 351 g/mol. The average Bonchev–Trinajstić information content (AvgIpc) is 3.36. The summed E-state index contributed by atoms with van der Waals surface area (Å²) in [6.45, 7) is 3.03. The molecule has 1 aromatic carbocycles. The van der Waals surface area contributed by atoms with Gasteiger partial charge in [0.05, 0.1) is 6.54 Å². The van der Waals surface area contributed by atoms with Gasteiger partial charge in [-0.15, -0.1) is 5.11 Å². The molecule has 0 atom stereocenters. The number of aromatic amines is 1. The van der Waals surface area contributed by atoms with Crippen molar-refractivity contribution in [1.29, 1.82) is 0 Å². The Hall–Kier alpha value is -2.96. The van der Waals surface area contributed by atoms with Crippen LogP contribution in [-0.4, -0.2) is 14.1 Å². The molecule has 1 aliphatic carbocycles. The molecule has 1 fully saturated rings. The van der Waals surface area contributed by atoms with Gasteiger partial charge in [0, 0.05) is 42.3 Å². The molecule has 1 N–H and O–H groups in total. The molecule has 7 nitrogen and oxygen atoms in total. The maximum Gasteiger partial charge on any atom is 0.332 e. The molecule has 0 unspecified atom stereocenters. The molecule has 1 saturated carbocycles. The zero-order valence-electron chi connectivity index (χ0n) is 14.9. The van der Waals surface area contributed by atoms with Crippen molar-refractivity contribution >= 4 is 16.7 Å². The van der Waals surface area contributed by atoms with Crippen LogP contribution in [0.4, 0.5) is 5.82 Å². The lowest BCUT2D eigenvalue weighted by atomic mass is 10.1. The van der Waals surface area contributed by atoms with E-state index in [9.17, 15) is 9.59 Å². The highest BCUT2D eigenvalue weighted by Crippen LogP contribution is 2.31. The molecule has 4 rings (SSSR count). The number of fused-ring (bicyclic) bond motifs is 1. The highest BCUT2D eigenvalue weighted by molar-refractivity contribution is 5.83. The van der Waals surface area contributed by atoms with Crippen LogP contribution in [0.5, 0.6) is 0 Å². The summed E-state index contributed by atoms with van der Waals surface area (Å²) in [4.78, 5) is 27.6. The number of nitrogens with zero attached hydrogens (tertiary/aromatic N) is 4. The van der Waals surface area contributed by atoms with E-state index in [1.54, 1.807) is 4.57 Å². The van der Waals surface area contributed by atoms with Crippen LogP contribution in [0.15, 0.2) is 50.3 Å². The fraction of sp³-hybridized carbons (Fsp3) is 0.368. The lowest BCUT2D eigenvalue weighted by Crippen LogP contribution is -2.37. The van der Waals surface area contributed by atoms with Crippen molar-refractivity contribution in [3.63, 3.8) is 0 Å². The molecule has 2 heterocycles. The number of hydrogen-bond donors (Lipinski definition) is 1. The topological polar surface area (TPSA) is 84.5 Å². The van der Waals surface area contributed by atoms with Crippen LogP contribution in [0.25, 0.3) is 10.9 Å². The molecular weight excluding hydrogens is 330 g/mol. The van der Waals surface area contributed by atoms with Gasteiger partial charge >= 0.3 is 5.69 Å². The van der Waals surface area contributed by atoms with Gasteiger partial charge in [0.1, 0.15) is 0 Å². The number of rotatable bonds is 5. The minimum atomic E-state index is -0.362. The van der Waals surface area contributed by atoms with Gasteiger partial charge in [0.15, 0.2) is 5.82 Å². The minimum Gasteiger partial charge on any atom is -0.361 e. The Kier molecular flexibility index (Phi) is 4.06. The molecule has 0 radical (unpaired) electrons. The largest absolute Gasteiger partial charge is 0.361 e. The number of aryl methyl sites for hydroxylation is 1. The second-order valence-electron chi connectivity index (χ2n) is 7.00. The van der Waals surface area contributed by atoms with Crippen molar-refractivity contribution in [3.8, 4) is 0 Å². The summed E-state index contributed by atoms with van der Waals surface area (Å²) in [7, 11) is 1.49. The first-order valence-electron chi connectivity index (χ1n) is 8.78. The quantitative estimate of drug-likeness (QED) is 0.717. The van der Waals surface area contributed by atoms with E-state index in [0.29, 0.717) is 24.8 Å². The number of benzene rings is 1. The lowest BCUT2D eigenvalue weighted by Gasteiger charge is -2.09. The Labute approximate surface area is 150 Å². The maximum atomic E-state index is 12.4. The first-order chi connectivity index (χ1) is 12.5. The summed E-state index contributed by atoms with van der Waals surface area (Å²) in [5.74, 6) is 0.830. The number of H-pyrrole nitrogens is 1. The summed E-state index contributed by atoms with van der Waals surface area (Å²) in [6, 6.07) is 7.59. The van der Waals surface area contributed by atoms with Gasteiger partial charge in [0.2, 0.25) is 0 Å². The predicted octanol–water partition coefficient (Wildman–Crippen LogP) is 3.03. The van der Waals surface area contributed by atoms with E-state index in [1.807, 2.05) is 19.2 Å². The van der Waals surface area contributed by atoms with E-state index >= 15 is 0 Å². The molecule has 0 aliphatic heterocycles. The van der Waals surface area contributed by atoms with Crippen LogP contribution in [0.1, 0.15) is 24.0 Å². The predicted molar refractivity (Wildman–Crippen MR) is 99.9 cm³/mol. The van der Waals surface area contributed by atoms with Gasteiger partial charge < -0.3 is 4.98 Å². The highest BCUT2D eigenvalue weighted by atomic mass is 16.2. The third-order valence-corrected chi connectivity index (χ3v) is 4.85. The number of nitrogens with one attached hydrogen (secondary N) is 1. The standard InChI is InChI=1S/C19H21N5O2/c1-12-3-6-16-15(7-12)14(9-20-16)10-21-22-17-8-18(25)23(2)19(26)24(17)11-13-4-5-13/h3,6-9,13,20H,4-5,10-11H2,1-2H3. The molecular formula is C19H21N5O2. The molecule has 2 aromatic heterocycles. The van der Waals surface area contributed by atoms with Crippen molar-refractivity contribution in [2.45, 2.75) is 32.9 Å². The number of hydrogen-bond acceptors (Lipinski definition) is 4. The highest BCUT2D eigenvalue weighted by Gasteiger charge is 2.24. The van der Waals surface area contributed by atoms with E-state index in [1.165, 1.54) is 18.7 Å². The van der Waals surface area contributed by atoms with E-state index < -0.39 is 0 Å². The van der Waals surface area contributed by atoms with Crippen LogP contribution in [0.2, 0.25) is 0 Å². The van der Waals surface area contributed by atoms with Crippen LogP contribution in [-0.2, 0) is 20.1 Å². The Bertz CT molecular complexity index is 1120. The first kappa shape index (κ1) is 16.5. The second-order valence-corrected chi connectivity index (χ2v) is 7.00. The molecule has 7 heteroatoms. The third-order valence-electron chi connectivity index (χ3n) is 4.85. The van der Waals surface area contributed by atoms with Crippen LogP contribution >= 0.6 is 0 Å². The Morgan fingerprint density at radius 2 is 2.04 bits per heavy atom. The van der Waals surface area contributed by atoms with E-state index in [0.717, 1.165) is 33.9 Å². The van der Waals surface area contributed by atoms with Crippen LogP contribution in [0, 0.1) is 12.8 Å². The molecule has 0 saturated heterocycles. The third kappa shape index (κ3) is 3.12. The molecule has 1 aliphatic rings. The van der Waals surface area contributed by atoms with E-state index in [-0.39, 0.29) is 11.2 Å². The van der Waals surface area contributed by atoms with Crippen LogP contribution < -0.4 is 11.2 Å². The fourth-order valence-corrected chi connectivity index (χ4v) is 3.08. The van der Waals surface area contributed by atoms with Crippen molar-refractivity contribution in [3.05, 3.63) is 62.4 Å². The lowest BCUT2D eigenvalue weighted by molar-refractivity contribution is 0.560. The summed E-state index contributed by atoms with van der Waals surface area (Å²) in [5, 5.41) is 9.59. The van der Waals surface area contributed by atoms with Crippen LogP contribution in [0.3, 0.4) is 0 Å². The zero-order valence-corrected chi connectivity index (χ0v) is 14.9. The molecule has 0 bridgehead atoms. The molecule has 134 valence electrons. The van der Waals surface area contributed by atoms with Gasteiger partial charge in [-0.05, 0) is 37.8 Å². The number of aromatic nitrogens is 3. The molecule has 0 amide bonds. The van der Waals surface area contributed by atoms with Gasteiger partial charge in [0.25, 0.3) is 5.56 Å². The second kappa shape index (κ2) is 6.40. The first-order valence-corrected chi connectivity index (χ1v) is 8.78. The Morgan fingerprint density at radius 3 is 2.81 bits per heavy atom. The maximum absolute atomic E-state index is 12.4. The molecule has 26 heavy (non-hydrogen) atoms. The van der Waals surface area contributed by atoms with E-state index in [2.05, 4.69) is 27.3 Å². The summed E-state index contributed by atoms with van der Waals surface area (Å²) < 4.78 is 2.67. The smallest absolute Gasteiger partial charge is 0.332 e. The summed E-state index contributed by atoms with van der Waals surface area (Å²) in [5.41, 5.74) is 2.58. The van der Waals surface area contributed by atoms with Gasteiger partial charge in [-0.1, -0.05) is 11.6 Å². The van der Waals surface area contributed by atoms with Crippen molar-refractivity contribution in [2.75, 3.05) is 0 Å². The monoisotopic (exact) mass is 351 g/mol. The minimum absolute atomic E-state index is 0.332. The van der Waals surface area contributed by atoms with Gasteiger partial charge in [-0.25, -0.2) is 4.79 Å². The summed E-state index contributed by atoms with van der Waals surface area (Å²) >= 11 is 0. The Morgan fingerprint density at radius 1 is 1.23 bits per heavy atom. The zero-order chi connectivity index (χ0) is 18.3. The van der Waals surface area contributed by atoms with Gasteiger partial charge in [-0.3, -0.25) is 13.9 Å². The van der Waals surface area contributed by atoms with Crippen molar-refractivity contribution in [2.24, 2.45) is 23.2 Å². The SMILES string of the molecule is Cc1ccc2[nH]cc(CN=Nc3cc(=O)n(C)c(=O)n3CC3CC3)c2c1. The number of azo groups is 1. The molecule has 3 aromatic rings. The Balaban J connectivity index is 1.64. The van der Waals surface area contributed by atoms with Crippen molar-refractivity contribution < 1.29 is 0 Å². The summed E-state index contributed by atoms with van der Waals surface area (Å²) in [6.07, 6.45) is 4.14.